The highest BCUT2D eigenvalue weighted by Gasteiger charge is 2.13. The Balaban J connectivity index is 2.24. The zero-order chi connectivity index (χ0) is 13.4. The van der Waals surface area contributed by atoms with E-state index in [1.54, 1.807) is 11.3 Å². The van der Waals surface area contributed by atoms with E-state index in [0.717, 1.165) is 29.1 Å². The molecule has 0 N–H and O–H groups in total. The van der Waals surface area contributed by atoms with E-state index >= 15 is 0 Å². The van der Waals surface area contributed by atoms with Crippen molar-refractivity contribution in [1.29, 1.82) is 0 Å². The topological polar surface area (TPSA) is 25.8 Å². The zero-order valence-corrected chi connectivity index (χ0v) is 12.3. The fourth-order valence-corrected chi connectivity index (χ4v) is 3.28. The molecule has 0 bridgehead atoms. The summed E-state index contributed by atoms with van der Waals surface area (Å²) in [6.45, 7) is 4.05. The third kappa shape index (κ3) is 2.13. The van der Waals surface area contributed by atoms with Gasteiger partial charge in [-0.05, 0) is 19.4 Å². The number of hydrogen-bond acceptors (Lipinski definition) is 3. The predicted octanol–water partition coefficient (Wildman–Crippen LogP) is 4.88. The van der Waals surface area contributed by atoms with Crippen LogP contribution in [0.2, 0.25) is 5.15 Å². The van der Waals surface area contributed by atoms with E-state index in [4.69, 9.17) is 11.6 Å². The van der Waals surface area contributed by atoms with Gasteiger partial charge in [-0.15, -0.1) is 11.3 Å². The van der Waals surface area contributed by atoms with E-state index < -0.39 is 0 Å². The Bertz CT molecular complexity index is 749. The lowest BCUT2D eigenvalue weighted by Crippen LogP contribution is -1.99. The second-order valence-corrected chi connectivity index (χ2v) is 5.68. The number of aromatic nitrogens is 2. The van der Waals surface area contributed by atoms with Crippen LogP contribution >= 0.6 is 22.9 Å². The van der Waals surface area contributed by atoms with Gasteiger partial charge < -0.3 is 0 Å². The van der Waals surface area contributed by atoms with Crippen LogP contribution in [0.15, 0.2) is 29.6 Å². The SMILES string of the molecule is CCc1nc(-c2csc3ccccc23)nc(Cl)c1C. The minimum Gasteiger partial charge on any atom is -0.233 e. The summed E-state index contributed by atoms with van der Waals surface area (Å²) in [7, 11) is 0. The molecule has 0 radical (unpaired) electrons. The highest BCUT2D eigenvalue weighted by atomic mass is 35.5. The van der Waals surface area contributed by atoms with Crippen molar-refractivity contribution in [3.05, 3.63) is 46.1 Å². The quantitative estimate of drug-likeness (QED) is 0.628. The number of benzene rings is 1. The van der Waals surface area contributed by atoms with Crippen LogP contribution in [0.4, 0.5) is 0 Å². The Kier molecular flexibility index (Phi) is 3.25. The van der Waals surface area contributed by atoms with Gasteiger partial charge in [0.25, 0.3) is 0 Å². The lowest BCUT2D eigenvalue weighted by molar-refractivity contribution is 0.978. The number of thiophene rings is 1. The summed E-state index contributed by atoms with van der Waals surface area (Å²) in [4.78, 5) is 9.09. The maximum absolute atomic E-state index is 6.22. The van der Waals surface area contributed by atoms with Gasteiger partial charge >= 0.3 is 0 Å². The molecule has 2 nitrogen and oxygen atoms in total. The monoisotopic (exact) mass is 288 g/mol. The molecule has 0 saturated carbocycles. The van der Waals surface area contributed by atoms with Crippen molar-refractivity contribution in [2.24, 2.45) is 0 Å². The first-order valence-corrected chi connectivity index (χ1v) is 7.46. The number of nitrogens with zero attached hydrogens (tertiary/aromatic N) is 2. The lowest BCUT2D eigenvalue weighted by atomic mass is 10.1. The van der Waals surface area contributed by atoms with E-state index in [-0.39, 0.29) is 0 Å². The Morgan fingerprint density at radius 1 is 1.21 bits per heavy atom. The maximum atomic E-state index is 6.22. The van der Waals surface area contributed by atoms with Crippen molar-refractivity contribution >= 4 is 33.0 Å². The van der Waals surface area contributed by atoms with E-state index in [9.17, 15) is 0 Å². The molecule has 0 amide bonds. The summed E-state index contributed by atoms with van der Waals surface area (Å²) in [5.41, 5.74) is 3.06. The Morgan fingerprint density at radius 2 is 2.00 bits per heavy atom. The standard InChI is InChI=1S/C15H13ClN2S/c1-3-12-9(2)14(16)18-15(17-12)11-8-19-13-7-5-4-6-10(11)13/h4-8H,3H2,1-2H3. The third-order valence-corrected chi connectivity index (χ3v) is 4.58. The molecule has 0 saturated heterocycles. The number of fused-ring (bicyclic) bond motifs is 1. The summed E-state index contributed by atoms with van der Waals surface area (Å²) in [6.07, 6.45) is 0.864. The molecular formula is C15H13ClN2S. The van der Waals surface area contributed by atoms with Gasteiger partial charge in [0.05, 0.1) is 0 Å². The number of rotatable bonds is 2. The lowest BCUT2D eigenvalue weighted by Gasteiger charge is -2.07. The van der Waals surface area contributed by atoms with Crippen LogP contribution in [0.3, 0.4) is 0 Å². The Hall–Kier alpha value is -1.45. The number of aryl methyl sites for hydroxylation is 1. The summed E-state index contributed by atoms with van der Waals surface area (Å²) >= 11 is 7.93. The van der Waals surface area contributed by atoms with Crippen molar-refractivity contribution in [2.45, 2.75) is 20.3 Å². The van der Waals surface area contributed by atoms with Crippen molar-refractivity contribution in [2.75, 3.05) is 0 Å². The van der Waals surface area contributed by atoms with Gasteiger partial charge in [0.2, 0.25) is 0 Å². The second kappa shape index (κ2) is 4.91. The van der Waals surface area contributed by atoms with Crippen molar-refractivity contribution < 1.29 is 0 Å². The molecule has 0 atom stereocenters. The predicted molar refractivity (Wildman–Crippen MR) is 82.0 cm³/mol. The fourth-order valence-electron chi connectivity index (χ4n) is 2.15. The molecule has 0 spiro atoms. The van der Waals surface area contributed by atoms with E-state index in [1.807, 2.05) is 19.1 Å². The Labute approximate surface area is 121 Å². The van der Waals surface area contributed by atoms with Crippen LogP contribution in [0, 0.1) is 6.92 Å². The molecule has 0 aliphatic carbocycles. The van der Waals surface area contributed by atoms with Crippen molar-refractivity contribution in [1.82, 2.24) is 9.97 Å². The smallest absolute Gasteiger partial charge is 0.162 e. The largest absolute Gasteiger partial charge is 0.233 e. The third-order valence-electron chi connectivity index (χ3n) is 3.24. The molecule has 4 heteroatoms. The minimum atomic E-state index is 0.553. The van der Waals surface area contributed by atoms with Gasteiger partial charge in [-0.2, -0.15) is 0 Å². The minimum absolute atomic E-state index is 0.553. The molecule has 0 fully saturated rings. The summed E-state index contributed by atoms with van der Waals surface area (Å²) in [5.74, 6) is 0.727. The van der Waals surface area contributed by atoms with Crippen LogP contribution in [0.5, 0.6) is 0 Å². The molecule has 2 aromatic heterocycles. The first-order chi connectivity index (χ1) is 9.20. The summed E-state index contributed by atoms with van der Waals surface area (Å²) in [5, 5.41) is 3.84. The zero-order valence-electron chi connectivity index (χ0n) is 10.8. The van der Waals surface area contributed by atoms with Gasteiger partial charge in [0.15, 0.2) is 5.82 Å². The van der Waals surface area contributed by atoms with Crippen LogP contribution < -0.4 is 0 Å². The highest BCUT2D eigenvalue weighted by molar-refractivity contribution is 7.17. The molecule has 3 rings (SSSR count). The van der Waals surface area contributed by atoms with E-state index in [2.05, 4.69) is 34.4 Å². The van der Waals surface area contributed by atoms with Crippen molar-refractivity contribution in [3.8, 4) is 11.4 Å². The van der Waals surface area contributed by atoms with E-state index in [0.29, 0.717) is 5.15 Å². The maximum Gasteiger partial charge on any atom is 0.162 e. The average Bonchev–Trinajstić information content (AvgIpc) is 2.85. The molecule has 0 aliphatic rings. The summed E-state index contributed by atoms with van der Waals surface area (Å²) < 4.78 is 1.25. The van der Waals surface area contributed by atoms with Crippen LogP contribution in [0.1, 0.15) is 18.2 Å². The van der Waals surface area contributed by atoms with Crippen LogP contribution in [0.25, 0.3) is 21.5 Å². The van der Waals surface area contributed by atoms with Gasteiger partial charge in [-0.3, -0.25) is 0 Å². The molecule has 0 aliphatic heterocycles. The molecule has 19 heavy (non-hydrogen) atoms. The van der Waals surface area contributed by atoms with Crippen LogP contribution in [-0.2, 0) is 6.42 Å². The molecular weight excluding hydrogens is 276 g/mol. The molecule has 3 aromatic rings. The van der Waals surface area contributed by atoms with Gasteiger partial charge in [-0.25, -0.2) is 9.97 Å². The number of halogens is 1. The van der Waals surface area contributed by atoms with Crippen LogP contribution in [-0.4, -0.2) is 9.97 Å². The van der Waals surface area contributed by atoms with Gasteiger partial charge in [0.1, 0.15) is 5.15 Å². The first-order valence-electron chi connectivity index (χ1n) is 6.20. The van der Waals surface area contributed by atoms with E-state index in [1.165, 1.54) is 10.1 Å². The van der Waals surface area contributed by atoms with Gasteiger partial charge in [-0.1, -0.05) is 36.7 Å². The number of hydrogen-bond donors (Lipinski definition) is 0. The normalized spacial score (nSPS) is 11.1. The average molecular weight is 289 g/mol. The summed E-state index contributed by atoms with van der Waals surface area (Å²) in [6, 6.07) is 8.29. The second-order valence-electron chi connectivity index (χ2n) is 4.41. The molecule has 96 valence electrons. The first kappa shape index (κ1) is 12.6. The van der Waals surface area contributed by atoms with Crippen molar-refractivity contribution in [3.63, 3.8) is 0 Å². The fraction of sp³-hybridized carbons (Fsp3) is 0.200. The molecule has 1 aromatic carbocycles. The highest BCUT2D eigenvalue weighted by Crippen LogP contribution is 2.33. The molecule has 0 unspecified atom stereocenters. The Morgan fingerprint density at radius 3 is 2.79 bits per heavy atom. The molecule has 2 heterocycles. The van der Waals surface area contributed by atoms with Gasteiger partial charge in [0, 0.05) is 32.3 Å².